The Hall–Kier alpha value is -1.22. The highest BCUT2D eigenvalue weighted by molar-refractivity contribution is 6.34. The van der Waals surface area contributed by atoms with Crippen LogP contribution in [0.3, 0.4) is 0 Å². The van der Waals surface area contributed by atoms with Gasteiger partial charge in [-0.25, -0.2) is 0 Å². The molecule has 21 heavy (non-hydrogen) atoms. The van der Waals surface area contributed by atoms with E-state index in [0.29, 0.717) is 22.4 Å². The van der Waals surface area contributed by atoms with Crippen LogP contribution in [0.5, 0.6) is 5.75 Å². The smallest absolute Gasteiger partial charge is 0.139 e. The van der Waals surface area contributed by atoms with Gasteiger partial charge in [-0.15, -0.1) is 0 Å². The summed E-state index contributed by atoms with van der Waals surface area (Å²) in [4.78, 5) is 0. The molecule has 0 fully saturated rings. The summed E-state index contributed by atoms with van der Waals surface area (Å²) in [6, 6.07) is 9.45. The van der Waals surface area contributed by atoms with E-state index in [1.165, 1.54) is 11.1 Å². The molecule has 1 unspecified atom stereocenters. The number of rotatable bonds is 4. The molecule has 1 atom stereocenters. The van der Waals surface area contributed by atoms with Crippen molar-refractivity contribution in [3.8, 4) is 5.75 Å². The van der Waals surface area contributed by atoms with Gasteiger partial charge in [-0.1, -0.05) is 52.5 Å². The predicted octanol–water partition coefficient (Wildman–Crippen LogP) is 5.06. The molecule has 0 amide bonds. The van der Waals surface area contributed by atoms with Crippen molar-refractivity contribution < 1.29 is 4.74 Å². The zero-order valence-corrected chi connectivity index (χ0v) is 13.9. The third-order valence-electron chi connectivity index (χ3n) is 3.29. The van der Waals surface area contributed by atoms with E-state index in [1.807, 2.05) is 6.92 Å². The molecule has 0 heterocycles. The topological polar surface area (TPSA) is 35.2 Å². The summed E-state index contributed by atoms with van der Waals surface area (Å²) in [5.74, 6) is 0.584. The van der Waals surface area contributed by atoms with E-state index in [9.17, 15) is 0 Å². The third-order valence-corrected chi connectivity index (χ3v) is 3.91. The number of hydrogen-bond acceptors (Lipinski definition) is 2. The second-order valence-electron chi connectivity index (χ2n) is 5.14. The van der Waals surface area contributed by atoms with Gasteiger partial charge >= 0.3 is 0 Å². The van der Waals surface area contributed by atoms with E-state index >= 15 is 0 Å². The largest absolute Gasteiger partial charge is 0.492 e. The molecule has 2 rings (SSSR count). The lowest BCUT2D eigenvalue weighted by atomic mass is 9.96. The van der Waals surface area contributed by atoms with Gasteiger partial charge in [0.1, 0.15) is 5.75 Å². The summed E-state index contributed by atoms with van der Waals surface area (Å²) in [5, 5.41) is 1.09. The first-order valence-corrected chi connectivity index (χ1v) is 7.63. The van der Waals surface area contributed by atoms with Crippen LogP contribution in [0, 0.1) is 13.8 Å². The van der Waals surface area contributed by atoms with Crippen molar-refractivity contribution in [2.45, 2.75) is 26.8 Å². The second-order valence-corrected chi connectivity index (χ2v) is 5.95. The minimum Gasteiger partial charge on any atom is -0.492 e. The molecule has 2 aromatic rings. The van der Waals surface area contributed by atoms with E-state index in [0.717, 1.165) is 11.1 Å². The Bertz CT molecular complexity index is 635. The highest BCUT2D eigenvalue weighted by Gasteiger charge is 2.16. The number of aryl methyl sites for hydroxylation is 2. The maximum Gasteiger partial charge on any atom is 0.139 e. The van der Waals surface area contributed by atoms with Crippen LogP contribution in [0.4, 0.5) is 0 Å². The Balaban J connectivity index is 2.43. The van der Waals surface area contributed by atoms with Crippen molar-refractivity contribution in [2.24, 2.45) is 5.73 Å². The molecule has 0 aliphatic heterocycles. The predicted molar refractivity (Wildman–Crippen MR) is 89.6 cm³/mol. The molecule has 0 aliphatic rings. The Labute approximate surface area is 135 Å². The Morgan fingerprint density at radius 1 is 1.00 bits per heavy atom. The molecule has 4 heteroatoms. The van der Waals surface area contributed by atoms with Crippen molar-refractivity contribution >= 4 is 23.2 Å². The summed E-state index contributed by atoms with van der Waals surface area (Å²) >= 11 is 12.6. The quantitative estimate of drug-likeness (QED) is 0.853. The molecular formula is C17H19Cl2NO. The van der Waals surface area contributed by atoms with E-state index in [1.54, 1.807) is 12.1 Å². The van der Waals surface area contributed by atoms with Gasteiger partial charge in [0, 0.05) is 11.1 Å². The molecule has 0 aromatic heterocycles. The lowest BCUT2D eigenvalue weighted by Gasteiger charge is -2.17. The monoisotopic (exact) mass is 323 g/mol. The molecule has 2 nitrogen and oxygen atoms in total. The standard InChI is InChI=1S/C17H19Cl2NO/c1-4-21-16-9-14(18)13(8-15(16)19)17(20)12-6-10(2)5-11(3)7-12/h5-9,17H,4,20H2,1-3H3. The number of benzene rings is 2. The van der Waals surface area contributed by atoms with E-state index < -0.39 is 0 Å². The van der Waals surface area contributed by atoms with Gasteiger partial charge < -0.3 is 10.5 Å². The molecule has 2 aromatic carbocycles. The molecule has 0 spiro atoms. The Morgan fingerprint density at radius 2 is 1.62 bits per heavy atom. The first-order chi connectivity index (χ1) is 9.92. The fourth-order valence-electron chi connectivity index (χ4n) is 2.42. The van der Waals surface area contributed by atoms with Crippen LogP contribution in [-0.2, 0) is 0 Å². The summed E-state index contributed by atoms with van der Waals surface area (Å²) in [6.07, 6.45) is 0. The Kier molecular flexibility index (Phi) is 5.15. The minimum absolute atomic E-state index is 0.315. The maximum absolute atomic E-state index is 6.36. The van der Waals surface area contributed by atoms with Gasteiger partial charge in [-0.05, 0) is 38.0 Å². The van der Waals surface area contributed by atoms with E-state index in [4.69, 9.17) is 33.7 Å². The molecule has 0 bridgehead atoms. The highest BCUT2D eigenvalue weighted by Crippen LogP contribution is 2.35. The average Bonchev–Trinajstić information content (AvgIpc) is 2.41. The summed E-state index contributed by atoms with van der Waals surface area (Å²) in [5.41, 5.74) is 10.5. The van der Waals surface area contributed by atoms with Crippen molar-refractivity contribution in [1.82, 2.24) is 0 Å². The van der Waals surface area contributed by atoms with Gasteiger partial charge in [0.25, 0.3) is 0 Å². The van der Waals surface area contributed by atoms with Crippen molar-refractivity contribution in [2.75, 3.05) is 6.61 Å². The third kappa shape index (κ3) is 3.70. The molecule has 112 valence electrons. The van der Waals surface area contributed by atoms with E-state index in [2.05, 4.69) is 32.0 Å². The van der Waals surface area contributed by atoms with Crippen molar-refractivity contribution in [3.05, 3.63) is 62.6 Å². The molecule has 0 radical (unpaired) electrons. The lowest BCUT2D eigenvalue weighted by molar-refractivity contribution is 0.340. The van der Waals surface area contributed by atoms with E-state index in [-0.39, 0.29) is 6.04 Å². The number of ether oxygens (including phenoxy) is 1. The first kappa shape index (κ1) is 16.2. The van der Waals surface area contributed by atoms with Gasteiger partial charge in [-0.2, -0.15) is 0 Å². The van der Waals surface area contributed by atoms with Gasteiger partial charge in [-0.3, -0.25) is 0 Å². The van der Waals surface area contributed by atoms with Gasteiger partial charge in [0.05, 0.1) is 17.7 Å². The van der Waals surface area contributed by atoms with Crippen LogP contribution in [0.15, 0.2) is 30.3 Å². The summed E-state index contributed by atoms with van der Waals surface area (Å²) in [7, 11) is 0. The zero-order valence-electron chi connectivity index (χ0n) is 12.4. The maximum atomic E-state index is 6.36. The van der Waals surface area contributed by atoms with Crippen LogP contribution < -0.4 is 10.5 Å². The van der Waals surface area contributed by atoms with Crippen molar-refractivity contribution in [3.63, 3.8) is 0 Å². The normalized spacial score (nSPS) is 12.3. The molecule has 0 aliphatic carbocycles. The highest BCUT2D eigenvalue weighted by atomic mass is 35.5. The average molecular weight is 324 g/mol. The second kappa shape index (κ2) is 6.69. The summed E-state index contributed by atoms with van der Waals surface area (Å²) in [6.45, 7) is 6.55. The van der Waals surface area contributed by atoms with Gasteiger partial charge in [0.15, 0.2) is 0 Å². The number of nitrogens with two attached hydrogens (primary N) is 1. The fourth-order valence-corrected chi connectivity index (χ4v) is 2.92. The number of halogens is 2. The van der Waals surface area contributed by atoms with Crippen LogP contribution in [0.2, 0.25) is 10.0 Å². The lowest BCUT2D eigenvalue weighted by Crippen LogP contribution is -2.13. The van der Waals surface area contributed by atoms with Crippen molar-refractivity contribution in [1.29, 1.82) is 0 Å². The first-order valence-electron chi connectivity index (χ1n) is 6.88. The number of hydrogen-bond donors (Lipinski definition) is 1. The Morgan fingerprint density at radius 3 is 2.19 bits per heavy atom. The zero-order chi connectivity index (χ0) is 15.6. The molecule has 0 saturated heterocycles. The van der Waals surface area contributed by atoms with Crippen LogP contribution in [0.1, 0.15) is 35.2 Å². The van der Waals surface area contributed by atoms with Crippen LogP contribution in [0.25, 0.3) is 0 Å². The summed E-state index contributed by atoms with van der Waals surface area (Å²) < 4.78 is 5.44. The van der Waals surface area contributed by atoms with Crippen LogP contribution in [-0.4, -0.2) is 6.61 Å². The minimum atomic E-state index is -0.315. The molecule has 2 N–H and O–H groups in total. The fraction of sp³-hybridized carbons (Fsp3) is 0.294. The van der Waals surface area contributed by atoms with Crippen LogP contribution >= 0.6 is 23.2 Å². The van der Waals surface area contributed by atoms with Gasteiger partial charge in [0.2, 0.25) is 0 Å². The molecule has 0 saturated carbocycles. The molecular weight excluding hydrogens is 305 g/mol. The SMILES string of the molecule is CCOc1cc(Cl)c(C(N)c2cc(C)cc(C)c2)cc1Cl.